The van der Waals surface area contributed by atoms with Gasteiger partial charge in [0.2, 0.25) is 0 Å². The van der Waals surface area contributed by atoms with E-state index in [4.69, 9.17) is 5.26 Å². The Morgan fingerprint density at radius 1 is 1.54 bits per heavy atom. The number of nitriles is 1. The van der Waals surface area contributed by atoms with Crippen LogP contribution >= 0.6 is 11.8 Å². The molecule has 0 atom stereocenters. The Morgan fingerprint density at radius 3 is 3.15 bits per heavy atom. The molecule has 0 aliphatic heterocycles. The van der Waals surface area contributed by atoms with Crippen LogP contribution in [0, 0.1) is 10.7 Å². The van der Waals surface area contributed by atoms with Crippen LogP contribution in [0.3, 0.4) is 0 Å². The number of thioether (sulfide) groups is 1. The molecule has 0 saturated heterocycles. The normalized spacial score (nSPS) is 10.2. The molecular weight excluding hydrogens is 184 g/mol. The zero-order valence-corrected chi connectivity index (χ0v) is 7.75. The summed E-state index contributed by atoms with van der Waals surface area (Å²) in [6, 6.07) is 5.64. The van der Waals surface area contributed by atoms with Crippen LogP contribution in [0.4, 0.5) is 0 Å². The van der Waals surface area contributed by atoms with E-state index in [-0.39, 0.29) is 0 Å². The SMILES string of the molecule is Cn1nnc2ccc(SC#N)cc21. The number of hydrogen-bond acceptors (Lipinski definition) is 4. The molecular formula is C8H6N4S. The van der Waals surface area contributed by atoms with Crippen molar-refractivity contribution >= 4 is 22.8 Å². The third-order valence-corrected chi connectivity index (χ3v) is 2.33. The Kier molecular flexibility index (Phi) is 1.91. The summed E-state index contributed by atoms with van der Waals surface area (Å²) in [6.45, 7) is 0. The van der Waals surface area contributed by atoms with Crippen LogP contribution in [0.2, 0.25) is 0 Å². The molecule has 0 fully saturated rings. The summed E-state index contributed by atoms with van der Waals surface area (Å²) in [7, 11) is 1.83. The summed E-state index contributed by atoms with van der Waals surface area (Å²) in [5, 5.41) is 18.3. The van der Waals surface area contributed by atoms with Crippen molar-refractivity contribution in [1.82, 2.24) is 15.0 Å². The molecule has 1 aromatic carbocycles. The number of fused-ring (bicyclic) bond motifs is 1. The van der Waals surface area contributed by atoms with Crippen LogP contribution in [-0.2, 0) is 7.05 Å². The standard InChI is InChI=1S/C8H6N4S/c1-12-8-4-6(13-5-9)2-3-7(8)10-11-12/h2-4H,1H3. The van der Waals surface area contributed by atoms with Crippen LogP contribution in [0.5, 0.6) is 0 Å². The van der Waals surface area contributed by atoms with Crippen LogP contribution in [0.25, 0.3) is 11.0 Å². The van der Waals surface area contributed by atoms with Gasteiger partial charge in [0.1, 0.15) is 10.9 Å². The van der Waals surface area contributed by atoms with E-state index in [1.165, 1.54) is 0 Å². The number of nitrogens with zero attached hydrogens (tertiary/aromatic N) is 4. The Morgan fingerprint density at radius 2 is 2.38 bits per heavy atom. The van der Waals surface area contributed by atoms with Crippen molar-refractivity contribution in [3.05, 3.63) is 18.2 Å². The molecule has 1 aromatic heterocycles. The van der Waals surface area contributed by atoms with E-state index in [1.807, 2.05) is 30.6 Å². The van der Waals surface area contributed by atoms with Gasteiger partial charge in [-0.25, -0.2) is 4.68 Å². The van der Waals surface area contributed by atoms with Gasteiger partial charge in [-0.05, 0) is 30.0 Å². The third kappa shape index (κ3) is 1.36. The minimum atomic E-state index is 0.852. The average molecular weight is 190 g/mol. The molecule has 2 rings (SSSR count). The highest BCUT2D eigenvalue weighted by atomic mass is 32.2. The van der Waals surface area contributed by atoms with Crippen molar-refractivity contribution in [3.63, 3.8) is 0 Å². The second-order valence-corrected chi connectivity index (χ2v) is 3.42. The predicted molar refractivity (Wildman–Crippen MR) is 50.0 cm³/mol. The van der Waals surface area contributed by atoms with Gasteiger partial charge in [0.05, 0.1) is 5.52 Å². The molecule has 0 saturated carbocycles. The van der Waals surface area contributed by atoms with Gasteiger partial charge in [0, 0.05) is 11.9 Å². The van der Waals surface area contributed by atoms with E-state index >= 15 is 0 Å². The van der Waals surface area contributed by atoms with Crippen molar-refractivity contribution in [2.45, 2.75) is 4.90 Å². The van der Waals surface area contributed by atoms with Crippen molar-refractivity contribution in [2.24, 2.45) is 7.05 Å². The molecule has 0 aliphatic carbocycles. The average Bonchev–Trinajstić information content (AvgIpc) is 2.49. The van der Waals surface area contributed by atoms with Gasteiger partial charge >= 0.3 is 0 Å². The molecule has 13 heavy (non-hydrogen) atoms. The summed E-state index contributed by atoms with van der Waals surface area (Å²) < 4.78 is 1.69. The lowest BCUT2D eigenvalue weighted by Crippen LogP contribution is -1.89. The van der Waals surface area contributed by atoms with Crippen molar-refractivity contribution in [1.29, 1.82) is 5.26 Å². The van der Waals surface area contributed by atoms with Gasteiger partial charge in [-0.2, -0.15) is 5.26 Å². The monoisotopic (exact) mass is 190 g/mol. The molecule has 0 unspecified atom stereocenters. The first kappa shape index (κ1) is 8.08. The molecule has 1 heterocycles. The third-order valence-electron chi connectivity index (χ3n) is 1.75. The molecule has 64 valence electrons. The van der Waals surface area contributed by atoms with E-state index in [0.29, 0.717) is 0 Å². The van der Waals surface area contributed by atoms with Gasteiger partial charge in [-0.15, -0.1) is 5.10 Å². The molecule has 0 amide bonds. The first-order valence-electron chi connectivity index (χ1n) is 3.66. The van der Waals surface area contributed by atoms with E-state index in [9.17, 15) is 0 Å². The lowest BCUT2D eigenvalue weighted by Gasteiger charge is -1.94. The topological polar surface area (TPSA) is 54.5 Å². The fourth-order valence-electron chi connectivity index (χ4n) is 1.13. The summed E-state index contributed by atoms with van der Waals surface area (Å²) in [5.74, 6) is 0. The molecule has 5 heteroatoms. The Balaban J connectivity index is 2.60. The Hall–Kier alpha value is -1.54. The number of benzene rings is 1. The van der Waals surface area contributed by atoms with Crippen molar-refractivity contribution in [2.75, 3.05) is 0 Å². The molecule has 2 aromatic rings. The molecule has 0 radical (unpaired) electrons. The first-order valence-corrected chi connectivity index (χ1v) is 4.48. The minimum absolute atomic E-state index is 0.852. The Labute approximate surface area is 79.2 Å². The maximum absolute atomic E-state index is 8.49. The van der Waals surface area contributed by atoms with Crippen LogP contribution in [0.1, 0.15) is 0 Å². The maximum atomic E-state index is 8.49. The molecule has 0 spiro atoms. The highest BCUT2D eigenvalue weighted by Crippen LogP contribution is 2.20. The smallest absolute Gasteiger partial charge is 0.138 e. The number of aryl methyl sites for hydroxylation is 1. The van der Waals surface area contributed by atoms with E-state index in [1.54, 1.807) is 4.68 Å². The highest BCUT2D eigenvalue weighted by Gasteiger charge is 2.01. The van der Waals surface area contributed by atoms with Crippen LogP contribution in [0.15, 0.2) is 23.1 Å². The fraction of sp³-hybridized carbons (Fsp3) is 0.125. The Bertz CT molecular complexity index is 482. The summed E-state index contributed by atoms with van der Waals surface area (Å²) in [5.41, 5.74) is 1.80. The predicted octanol–water partition coefficient (Wildman–Crippen LogP) is 1.54. The summed E-state index contributed by atoms with van der Waals surface area (Å²) in [4.78, 5) is 0.917. The number of thiocyanates is 1. The quantitative estimate of drug-likeness (QED) is 0.505. The number of rotatable bonds is 1. The van der Waals surface area contributed by atoms with E-state index in [2.05, 4.69) is 10.3 Å². The van der Waals surface area contributed by atoms with E-state index in [0.717, 1.165) is 27.7 Å². The second kappa shape index (κ2) is 3.07. The second-order valence-electron chi connectivity index (χ2n) is 2.56. The van der Waals surface area contributed by atoms with Crippen molar-refractivity contribution < 1.29 is 0 Å². The van der Waals surface area contributed by atoms with Gasteiger partial charge in [-0.1, -0.05) is 5.21 Å². The van der Waals surface area contributed by atoms with Gasteiger partial charge < -0.3 is 0 Å². The lowest BCUT2D eigenvalue weighted by atomic mass is 10.3. The van der Waals surface area contributed by atoms with Gasteiger partial charge in [0.15, 0.2) is 0 Å². The zero-order valence-electron chi connectivity index (χ0n) is 6.93. The molecule has 0 N–H and O–H groups in total. The van der Waals surface area contributed by atoms with Crippen molar-refractivity contribution in [3.8, 4) is 5.40 Å². The largest absolute Gasteiger partial charge is 0.248 e. The molecule has 0 aliphatic rings. The zero-order chi connectivity index (χ0) is 9.26. The summed E-state index contributed by atoms with van der Waals surface area (Å²) in [6.07, 6.45) is 0. The number of aromatic nitrogens is 3. The van der Waals surface area contributed by atoms with E-state index < -0.39 is 0 Å². The summed E-state index contributed by atoms with van der Waals surface area (Å²) >= 11 is 1.14. The van der Waals surface area contributed by atoms with Crippen LogP contribution < -0.4 is 0 Å². The fourth-order valence-corrected chi connectivity index (χ4v) is 1.54. The van der Waals surface area contributed by atoms with Gasteiger partial charge in [0.25, 0.3) is 0 Å². The maximum Gasteiger partial charge on any atom is 0.138 e. The minimum Gasteiger partial charge on any atom is -0.248 e. The molecule has 0 bridgehead atoms. The highest BCUT2D eigenvalue weighted by molar-refractivity contribution is 8.03. The van der Waals surface area contributed by atoms with Gasteiger partial charge in [-0.3, -0.25) is 0 Å². The lowest BCUT2D eigenvalue weighted by molar-refractivity contribution is 0.736. The molecule has 4 nitrogen and oxygen atoms in total. The number of hydrogen-bond donors (Lipinski definition) is 0. The first-order chi connectivity index (χ1) is 6.31. The van der Waals surface area contributed by atoms with Crippen LogP contribution in [-0.4, -0.2) is 15.0 Å².